The van der Waals surface area contributed by atoms with Gasteiger partial charge in [-0.2, -0.15) is 0 Å². The van der Waals surface area contributed by atoms with Crippen LogP contribution in [0, 0.1) is 5.82 Å². The molecular formula is C24H28FNO3. The fourth-order valence-corrected chi connectivity index (χ4v) is 4.29. The second-order valence-corrected chi connectivity index (χ2v) is 8.03. The average molecular weight is 397 g/mol. The number of pyridine rings is 1. The Morgan fingerprint density at radius 2 is 1.69 bits per heavy atom. The second kappa shape index (κ2) is 8.62. The second-order valence-electron chi connectivity index (χ2n) is 8.03. The third-order valence-corrected chi connectivity index (χ3v) is 6.24. The summed E-state index contributed by atoms with van der Waals surface area (Å²) in [5.41, 5.74) is 5.01. The Morgan fingerprint density at radius 3 is 2.21 bits per heavy atom. The summed E-state index contributed by atoms with van der Waals surface area (Å²) in [4.78, 5) is 18.2. The topological polar surface area (TPSA) is 48.4 Å². The lowest BCUT2D eigenvalue weighted by atomic mass is 9.75. The number of methoxy groups -OCH3 is 1. The standard InChI is InChI=1S/C24H28FNO3/c1-3-29-24(27)21-20(15-10-12-18(25)13-11-15)19(14-28-2)22(16-6-4-7-16)26-23(21)17-8-5-9-17/h10-13,16-17H,3-9,14H2,1-2H3. The molecule has 154 valence electrons. The molecule has 1 heterocycles. The van der Waals surface area contributed by atoms with Gasteiger partial charge >= 0.3 is 5.97 Å². The monoisotopic (exact) mass is 397 g/mol. The van der Waals surface area contributed by atoms with Gasteiger partial charge in [0.05, 0.1) is 24.5 Å². The lowest BCUT2D eigenvalue weighted by Crippen LogP contribution is -2.24. The number of rotatable bonds is 7. The highest BCUT2D eigenvalue weighted by atomic mass is 19.1. The number of hydrogen-bond acceptors (Lipinski definition) is 4. The number of carbonyl (C=O) groups is 1. The molecule has 0 spiro atoms. The van der Waals surface area contributed by atoms with Crippen LogP contribution in [0.4, 0.5) is 4.39 Å². The van der Waals surface area contributed by atoms with Gasteiger partial charge in [0.25, 0.3) is 0 Å². The van der Waals surface area contributed by atoms with Crippen molar-refractivity contribution in [3.8, 4) is 11.1 Å². The SMILES string of the molecule is CCOC(=O)c1c(C2CCC2)nc(C2CCC2)c(COC)c1-c1ccc(F)cc1. The van der Waals surface area contributed by atoms with Crippen molar-refractivity contribution in [2.75, 3.05) is 13.7 Å². The zero-order valence-corrected chi connectivity index (χ0v) is 17.2. The molecule has 1 aromatic heterocycles. The van der Waals surface area contributed by atoms with Gasteiger partial charge in [0.2, 0.25) is 0 Å². The highest BCUT2D eigenvalue weighted by molar-refractivity contribution is 6.00. The fraction of sp³-hybridized carbons (Fsp3) is 0.500. The van der Waals surface area contributed by atoms with Gasteiger partial charge in [0.1, 0.15) is 5.82 Å². The maximum Gasteiger partial charge on any atom is 0.340 e. The molecule has 0 amide bonds. The molecule has 0 radical (unpaired) electrons. The molecule has 0 aliphatic heterocycles. The van der Waals surface area contributed by atoms with Gasteiger partial charge in [-0.1, -0.05) is 25.0 Å². The highest BCUT2D eigenvalue weighted by Gasteiger charge is 2.35. The first-order valence-electron chi connectivity index (χ1n) is 10.6. The average Bonchev–Trinajstić information content (AvgIpc) is 2.61. The largest absolute Gasteiger partial charge is 0.462 e. The minimum absolute atomic E-state index is 0.282. The molecular weight excluding hydrogens is 369 g/mol. The van der Waals surface area contributed by atoms with Crippen molar-refractivity contribution in [2.45, 2.75) is 63.9 Å². The number of halogens is 1. The summed E-state index contributed by atoms with van der Waals surface area (Å²) in [5.74, 6) is 0.0319. The summed E-state index contributed by atoms with van der Waals surface area (Å²) in [6.45, 7) is 2.48. The maximum absolute atomic E-state index is 13.6. The Labute approximate surface area is 171 Å². The van der Waals surface area contributed by atoms with E-state index in [0.717, 1.165) is 60.2 Å². The Bertz CT molecular complexity index is 886. The van der Waals surface area contributed by atoms with E-state index in [1.807, 2.05) is 6.92 Å². The Hall–Kier alpha value is -2.27. The summed E-state index contributed by atoms with van der Waals surface area (Å²) < 4.78 is 24.6. The van der Waals surface area contributed by atoms with Crippen molar-refractivity contribution in [3.05, 3.63) is 52.6 Å². The molecule has 0 N–H and O–H groups in total. The van der Waals surface area contributed by atoms with E-state index >= 15 is 0 Å². The van der Waals surface area contributed by atoms with Crippen LogP contribution in [0.1, 0.15) is 84.6 Å². The normalized spacial score (nSPS) is 16.9. The number of carbonyl (C=O) groups excluding carboxylic acids is 1. The summed E-state index contributed by atoms with van der Waals surface area (Å²) in [7, 11) is 1.66. The van der Waals surface area contributed by atoms with E-state index in [-0.39, 0.29) is 17.7 Å². The van der Waals surface area contributed by atoms with Crippen molar-refractivity contribution < 1.29 is 18.7 Å². The van der Waals surface area contributed by atoms with E-state index in [1.54, 1.807) is 19.2 Å². The minimum Gasteiger partial charge on any atom is -0.462 e. The number of nitrogens with zero attached hydrogens (tertiary/aromatic N) is 1. The van der Waals surface area contributed by atoms with Crippen LogP contribution in [0.25, 0.3) is 11.1 Å². The van der Waals surface area contributed by atoms with E-state index in [9.17, 15) is 9.18 Å². The zero-order valence-electron chi connectivity index (χ0n) is 17.2. The quantitative estimate of drug-likeness (QED) is 0.559. The van der Waals surface area contributed by atoms with E-state index in [1.165, 1.54) is 18.6 Å². The van der Waals surface area contributed by atoms with Crippen LogP contribution in [-0.4, -0.2) is 24.7 Å². The van der Waals surface area contributed by atoms with Gasteiger partial charge < -0.3 is 9.47 Å². The molecule has 4 rings (SSSR count). The molecule has 2 fully saturated rings. The van der Waals surface area contributed by atoms with Gasteiger partial charge in [-0.05, 0) is 50.3 Å². The minimum atomic E-state index is -0.348. The molecule has 0 bridgehead atoms. The van der Waals surface area contributed by atoms with E-state index < -0.39 is 0 Å². The third kappa shape index (κ3) is 3.80. The summed E-state index contributed by atoms with van der Waals surface area (Å²) >= 11 is 0. The number of benzene rings is 1. The van der Waals surface area contributed by atoms with Crippen LogP contribution in [0.15, 0.2) is 24.3 Å². The number of esters is 1. The van der Waals surface area contributed by atoms with E-state index in [4.69, 9.17) is 14.5 Å². The molecule has 0 atom stereocenters. The van der Waals surface area contributed by atoms with Gasteiger partial charge in [-0.15, -0.1) is 0 Å². The van der Waals surface area contributed by atoms with Gasteiger partial charge in [-0.25, -0.2) is 9.18 Å². The Morgan fingerprint density at radius 1 is 1.07 bits per heavy atom. The highest BCUT2D eigenvalue weighted by Crippen LogP contribution is 2.46. The van der Waals surface area contributed by atoms with E-state index in [2.05, 4.69) is 0 Å². The van der Waals surface area contributed by atoms with Crippen LogP contribution >= 0.6 is 0 Å². The smallest absolute Gasteiger partial charge is 0.340 e. The van der Waals surface area contributed by atoms with Crippen LogP contribution in [0.5, 0.6) is 0 Å². The molecule has 5 heteroatoms. The summed E-state index contributed by atoms with van der Waals surface area (Å²) in [6, 6.07) is 6.35. The third-order valence-electron chi connectivity index (χ3n) is 6.24. The molecule has 0 saturated heterocycles. The van der Waals surface area contributed by atoms with Gasteiger partial charge in [-0.3, -0.25) is 4.98 Å². The number of ether oxygens (including phenoxy) is 2. The van der Waals surface area contributed by atoms with E-state index in [0.29, 0.717) is 24.7 Å². The Balaban J connectivity index is 2.00. The molecule has 2 aliphatic rings. The van der Waals surface area contributed by atoms with Crippen LogP contribution in [0.3, 0.4) is 0 Å². The predicted molar refractivity (Wildman–Crippen MR) is 109 cm³/mol. The number of hydrogen-bond donors (Lipinski definition) is 0. The molecule has 4 nitrogen and oxygen atoms in total. The zero-order chi connectivity index (χ0) is 20.4. The molecule has 2 aromatic rings. The molecule has 0 unspecified atom stereocenters. The first-order valence-corrected chi connectivity index (χ1v) is 10.6. The fourth-order valence-electron chi connectivity index (χ4n) is 4.29. The van der Waals surface area contributed by atoms with Crippen LogP contribution < -0.4 is 0 Å². The van der Waals surface area contributed by atoms with Crippen molar-refractivity contribution in [3.63, 3.8) is 0 Å². The van der Waals surface area contributed by atoms with Crippen molar-refractivity contribution in [1.29, 1.82) is 0 Å². The Kier molecular flexibility index (Phi) is 5.95. The van der Waals surface area contributed by atoms with Gasteiger partial charge in [0.15, 0.2) is 0 Å². The van der Waals surface area contributed by atoms with Gasteiger partial charge in [0, 0.05) is 35.8 Å². The molecule has 2 saturated carbocycles. The van der Waals surface area contributed by atoms with Crippen molar-refractivity contribution >= 4 is 5.97 Å². The summed E-state index contributed by atoms with van der Waals surface area (Å²) in [6.07, 6.45) is 6.64. The first kappa shape index (κ1) is 20.0. The van der Waals surface area contributed by atoms with Crippen molar-refractivity contribution in [1.82, 2.24) is 4.98 Å². The molecule has 1 aromatic carbocycles. The summed E-state index contributed by atoms with van der Waals surface area (Å²) in [5, 5.41) is 0. The predicted octanol–water partition coefficient (Wildman–Crippen LogP) is 5.75. The lowest BCUT2D eigenvalue weighted by molar-refractivity contribution is 0.0523. The lowest BCUT2D eigenvalue weighted by Gasteiger charge is -2.33. The maximum atomic E-state index is 13.6. The first-order chi connectivity index (χ1) is 14.1. The van der Waals surface area contributed by atoms with Crippen LogP contribution in [-0.2, 0) is 16.1 Å². The van der Waals surface area contributed by atoms with Crippen molar-refractivity contribution in [2.24, 2.45) is 0 Å². The molecule has 29 heavy (non-hydrogen) atoms. The molecule has 2 aliphatic carbocycles. The van der Waals surface area contributed by atoms with Crippen LogP contribution in [0.2, 0.25) is 0 Å². The number of aromatic nitrogens is 1.